The maximum atomic E-state index is 13.1. The van der Waals surface area contributed by atoms with Crippen LogP contribution in [0.3, 0.4) is 0 Å². The van der Waals surface area contributed by atoms with Gasteiger partial charge in [0.1, 0.15) is 0 Å². The normalized spacial score (nSPS) is 19.7. The monoisotopic (exact) mass is 351 g/mol. The average Bonchev–Trinajstić information content (AvgIpc) is 2.58. The van der Waals surface area contributed by atoms with Crippen molar-refractivity contribution in [2.24, 2.45) is 0 Å². The number of piperazine rings is 1. The van der Waals surface area contributed by atoms with Crippen molar-refractivity contribution in [1.82, 2.24) is 14.6 Å². The third-order valence-electron chi connectivity index (χ3n) is 4.01. The number of aromatic nitrogens is 1. The van der Waals surface area contributed by atoms with Crippen molar-refractivity contribution in [3.8, 4) is 0 Å². The maximum Gasteiger partial charge on any atom is 0.243 e. The molecule has 7 heteroatoms. The molecule has 23 heavy (non-hydrogen) atoms. The van der Waals surface area contributed by atoms with Gasteiger partial charge in [-0.25, -0.2) is 8.42 Å². The third-order valence-corrected chi connectivity index (χ3v) is 6.32. The number of benzene rings is 1. The van der Waals surface area contributed by atoms with Crippen LogP contribution in [0.4, 0.5) is 0 Å². The Labute approximate surface area is 141 Å². The molecule has 5 nitrogen and oxygen atoms in total. The van der Waals surface area contributed by atoms with E-state index in [9.17, 15) is 8.42 Å². The largest absolute Gasteiger partial charge is 0.313 e. The first-order valence-corrected chi connectivity index (χ1v) is 9.20. The Morgan fingerprint density at radius 1 is 1.35 bits per heavy atom. The number of nitrogens with one attached hydrogen (secondary N) is 1. The predicted octanol–water partition coefficient (Wildman–Crippen LogP) is 2.38. The molecule has 1 aromatic carbocycles. The summed E-state index contributed by atoms with van der Waals surface area (Å²) >= 11 is 6.11. The van der Waals surface area contributed by atoms with Gasteiger partial charge in [-0.15, -0.1) is 0 Å². The molecule has 0 spiro atoms. The van der Waals surface area contributed by atoms with Gasteiger partial charge in [-0.1, -0.05) is 23.7 Å². The minimum absolute atomic E-state index is 0.226. The number of hydrogen-bond donors (Lipinski definition) is 1. The highest BCUT2D eigenvalue weighted by Gasteiger charge is 2.34. The van der Waals surface area contributed by atoms with Crippen molar-refractivity contribution < 1.29 is 8.42 Å². The van der Waals surface area contributed by atoms with Gasteiger partial charge in [-0.2, -0.15) is 4.31 Å². The molecule has 2 aromatic rings. The van der Waals surface area contributed by atoms with Gasteiger partial charge in [0.2, 0.25) is 10.0 Å². The third kappa shape index (κ3) is 3.26. The van der Waals surface area contributed by atoms with Gasteiger partial charge in [0.25, 0.3) is 0 Å². The number of sulfonamides is 1. The molecule has 122 valence electrons. The lowest BCUT2D eigenvalue weighted by molar-refractivity contribution is 0.271. The fraction of sp³-hybridized carbons (Fsp3) is 0.312. The Morgan fingerprint density at radius 3 is 2.87 bits per heavy atom. The van der Waals surface area contributed by atoms with E-state index in [1.54, 1.807) is 24.5 Å². The van der Waals surface area contributed by atoms with Crippen LogP contribution in [0.25, 0.3) is 0 Å². The van der Waals surface area contributed by atoms with Crippen molar-refractivity contribution in [2.45, 2.75) is 17.9 Å². The van der Waals surface area contributed by atoms with Crippen molar-refractivity contribution >= 4 is 21.6 Å². The number of hydrogen-bond acceptors (Lipinski definition) is 4. The molecule has 1 fully saturated rings. The zero-order chi connectivity index (χ0) is 16.4. The van der Waals surface area contributed by atoms with Crippen LogP contribution in [0.1, 0.15) is 17.2 Å². The lowest BCUT2D eigenvalue weighted by atomic mass is 10.1. The molecule has 0 aliphatic carbocycles. The molecule has 1 aromatic heterocycles. The quantitative estimate of drug-likeness (QED) is 0.922. The van der Waals surface area contributed by atoms with Gasteiger partial charge in [-0.05, 0) is 36.2 Å². The first-order valence-electron chi connectivity index (χ1n) is 7.39. The second kappa shape index (κ2) is 6.57. The van der Waals surface area contributed by atoms with Crippen molar-refractivity contribution in [3.05, 3.63) is 58.9 Å². The van der Waals surface area contributed by atoms with Crippen LogP contribution >= 0.6 is 11.6 Å². The summed E-state index contributed by atoms with van der Waals surface area (Å²) in [7, 11) is -3.62. The summed E-state index contributed by atoms with van der Waals surface area (Å²) in [6.07, 6.45) is 3.39. The van der Waals surface area contributed by atoms with Gasteiger partial charge in [0.15, 0.2) is 0 Å². The van der Waals surface area contributed by atoms with Crippen LogP contribution in [0.5, 0.6) is 0 Å². The number of rotatable bonds is 3. The fourth-order valence-corrected chi connectivity index (χ4v) is 4.59. The van der Waals surface area contributed by atoms with Crippen LogP contribution < -0.4 is 5.32 Å². The molecule has 1 N–H and O–H groups in total. The SMILES string of the molecule is Cc1ccc(S(=O)(=O)N2CCNCC2c2cccnc2)cc1Cl. The number of halogens is 1. The standard InChI is InChI=1S/C16H18ClN3O2S/c1-12-4-5-14(9-15(12)17)23(21,22)20-8-7-19-11-16(20)13-3-2-6-18-10-13/h2-6,9-10,16,19H,7-8,11H2,1H3. The molecule has 1 atom stereocenters. The van der Waals surface area contributed by atoms with Crippen LogP contribution in [-0.4, -0.2) is 37.3 Å². The number of aryl methyl sites for hydroxylation is 1. The van der Waals surface area contributed by atoms with Crippen molar-refractivity contribution in [1.29, 1.82) is 0 Å². The Balaban J connectivity index is 2.00. The summed E-state index contributed by atoms with van der Waals surface area (Å²) in [5.74, 6) is 0. The van der Waals surface area contributed by atoms with Crippen molar-refractivity contribution in [3.63, 3.8) is 0 Å². The summed E-state index contributed by atoms with van der Waals surface area (Å²) in [5, 5.41) is 3.70. The summed E-state index contributed by atoms with van der Waals surface area (Å²) in [5.41, 5.74) is 1.73. The molecule has 1 saturated heterocycles. The Hall–Kier alpha value is -1.47. The summed E-state index contributed by atoms with van der Waals surface area (Å²) in [6, 6.07) is 8.30. The molecule has 1 aliphatic rings. The minimum Gasteiger partial charge on any atom is -0.313 e. The van der Waals surface area contributed by atoms with Crippen LogP contribution in [0.15, 0.2) is 47.6 Å². The Bertz CT molecular complexity index is 796. The summed E-state index contributed by atoms with van der Waals surface area (Å²) < 4.78 is 27.6. The van der Waals surface area contributed by atoms with Gasteiger partial charge in [0.05, 0.1) is 10.9 Å². The first kappa shape index (κ1) is 16.4. The van der Waals surface area contributed by atoms with E-state index in [1.807, 2.05) is 19.1 Å². The fourth-order valence-electron chi connectivity index (χ4n) is 2.70. The number of pyridine rings is 1. The van der Waals surface area contributed by atoms with E-state index in [2.05, 4.69) is 10.3 Å². The van der Waals surface area contributed by atoms with E-state index in [-0.39, 0.29) is 10.9 Å². The minimum atomic E-state index is -3.62. The van der Waals surface area contributed by atoms with E-state index in [0.29, 0.717) is 24.7 Å². The Kier molecular flexibility index (Phi) is 4.68. The molecule has 1 unspecified atom stereocenters. The van der Waals surface area contributed by atoms with E-state index < -0.39 is 10.0 Å². The zero-order valence-corrected chi connectivity index (χ0v) is 14.3. The maximum absolute atomic E-state index is 13.1. The average molecular weight is 352 g/mol. The molecule has 1 aliphatic heterocycles. The molecule has 2 heterocycles. The van der Waals surface area contributed by atoms with E-state index in [4.69, 9.17) is 11.6 Å². The molecule has 0 bridgehead atoms. The van der Waals surface area contributed by atoms with E-state index >= 15 is 0 Å². The molecule has 0 radical (unpaired) electrons. The lowest BCUT2D eigenvalue weighted by Crippen LogP contribution is -2.48. The summed E-state index contributed by atoms with van der Waals surface area (Å²) in [6.45, 7) is 3.44. The molecule has 0 amide bonds. The van der Waals surface area contributed by atoms with Crippen LogP contribution in [0, 0.1) is 6.92 Å². The van der Waals surface area contributed by atoms with Crippen LogP contribution in [-0.2, 0) is 10.0 Å². The molecular formula is C16H18ClN3O2S. The van der Waals surface area contributed by atoms with Gasteiger partial charge in [-0.3, -0.25) is 4.98 Å². The smallest absolute Gasteiger partial charge is 0.243 e. The topological polar surface area (TPSA) is 62.3 Å². The van der Waals surface area contributed by atoms with Gasteiger partial charge >= 0.3 is 0 Å². The highest BCUT2D eigenvalue weighted by molar-refractivity contribution is 7.89. The second-order valence-electron chi connectivity index (χ2n) is 5.53. The van der Waals surface area contributed by atoms with Crippen LogP contribution in [0.2, 0.25) is 5.02 Å². The first-order chi connectivity index (χ1) is 11.0. The Morgan fingerprint density at radius 2 is 2.17 bits per heavy atom. The van der Waals surface area contributed by atoms with Crippen molar-refractivity contribution in [2.75, 3.05) is 19.6 Å². The molecular weight excluding hydrogens is 334 g/mol. The predicted molar refractivity (Wildman–Crippen MR) is 89.9 cm³/mol. The molecule has 0 saturated carbocycles. The van der Waals surface area contributed by atoms with Gasteiger partial charge < -0.3 is 5.32 Å². The number of nitrogens with zero attached hydrogens (tertiary/aromatic N) is 2. The summed E-state index contributed by atoms with van der Waals surface area (Å²) in [4.78, 5) is 4.33. The van der Waals surface area contributed by atoms with E-state index in [1.165, 1.54) is 10.4 Å². The second-order valence-corrected chi connectivity index (χ2v) is 7.83. The zero-order valence-electron chi connectivity index (χ0n) is 12.7. The highest BCUT2D eigenvalue weighted by Crippen LogP contribution is 2.30. The lowest BCUT2D eigenvalue weighted by Gasteiger charge is -2.35. The van der Waals surface area contributed by atoms with Gasteiger partial charge in [0, 0.05) is 37.1 Å². The molecule has 3 rings (SSSR count). The van der Waals surface area contributed by atoms with E-state index in [0.717, 1.165) is 11.1 Å². The highest BCUT2D eigenvalue weighted by atomic mass is 35.5.